The average Bonchev–Trinajstić information content (AvgIpc) is 2.07. The molecule has 0 radical (unpaired) electrons. The number of anilines is 1. The smallest absolute Gasteiger partial charge is 0.144 e. The van der Waals surface area contributed by atoms with E-state index < -0.39 is 5.92 Å². The van der Waals surface area contributed by atoms with E-state index >= 15 is 0 Å². The van der Waals surface area contributed by atoms with Gasteiger partial charge in [-0.05, 0) is 31.5 Å². The van der Waals surface area contributed by atoms with Crippen LogP contribution in [0.4, 0.5) is 5.69 Å². The minimum Gasteiger partial charge on any atom is -0.399 e. The molecule has 1 aromatic rings. The van der Waals surface area contributed by atoms with Crippen molar-refractivity contribution in [1.29, 1.82) is 0 Å². The lowest BCUT2D eigenvalue weighted by molar-refractivity contribution is -0.126. The summed E-state index contributed by atoms with van der Waals surface area (Å²) < 4.78 is 0. The van der Waals surface area contributed by atoms with E-state index in [-0.39, 0.29) is 11.6 Å². The largest absolute Gasteiger partial charge is 0.399 e. The van der Waals surface area contributed by atoms with E-state index in [1.807, 2.05) is 0 Å². The Bertz CT molecular complexity index is 340. The Morgan fingerprint density at radius 1 is 1.07 bits per heavy atom. The summed E-state index contributed by atoms with van der Waals surface area (Å²) in [4.78, 5) is 22.4. The molecule has 0 aliphatic heterocycles. The van der Waals surface area contributed by atoms with Crippen LogP contribution in [0.3, 0.4) is 0 Å². The van der Waals surface area contributed by atoms with Gasteiger partial charge < -0.3 is 5.73 Å². The molecular formula is C11H13NO2. The normalized spacial score (nSPS) is 10.2. The summed E-state index contributed by atoms with van der Waals surface area (Å²) in [5.41, 5.74) is 6.84. The zero-order chi connectivity index (χ0) is 10.7. The third kappa shape index (κ3) is 2.19. The Morgan fingerprint density at radius 3 is 1.86 bits per heavy atom. The number of carbonyl (C=O) groups excluding carboxylic acids is 2. The molecule has 0 spiro atoms. The summed E-state index contributed by atoms with van der Waals surface area (Å²) in [6, 6.07) is 6.80. The van der Waals surface area contributed by atoms with E-state index in [2.05, 4.69) is 0 Å². The van der Waals surface area contributed by atoms with Crippen LogP contribution in [0.25, 0.3) is 0 Å². The molecule has 0 amide bonds. The van der Waals surface area contributed by atoms with Crippen molar-refractivity contribution in [1.82, 2.24) is 0 Å². The molecular weight excluding hydrogens is 178 g/mol. The molecule has 14 heavy (non-hydrogen) atoms. The predicted octanol–water partition coefficient (Wildman–Crippen LogP) is 1.53. The number of carbonyl (C=O) groups is 2. The highest BCUT2D eigenvalue weighted by Crippen LogP contribution is 2.19. The SMILES string of the molecule is CC(=O)C(C(C)=O)c1ccc(N)cc1. The van der Waals surface area contributed by atoms with Crippen LogP contribution >= 0.6 is 0 Å². The second-order valence-electron chi connectivity index (χ2n) is 3.32. The van der Waals surface area contributed by atoms with Crippen LogP contribution < -0.4 is 5.73 Å². The number of nitrogen functional groups attached to an aromatic ring is 1. The lowest BCUT2D eigenvalue weighted by atomic mass is 9.92. The number of Topliss-reactive ketones (excluding diaryl/α,β-unsaturated/α-hetero) is 2. The molecule has 0 atom stereocenters. The van der Waals surface area contributed by atoms with Crippen LogP contribution in [0.15, 0.2) is 24.3 Å². The van der Waals surface area contributed by atoms with Gasteiger partial charge in [-0.1, -0.05) is 12.1 Å². The number of nitrogens with two attached hydrogens (primary N) is 1. The average molecular weight is 191 g/mol. The molecule has 0 aliphatic carbocycles. The molecule has 0 aromatic heterocycles. The van der Waals surface area contributed by atoms with Crippen molar-refractivity contribution in [2.45, 2.75) is 19.8 Å². The maximum atomic E-state index is 11.2. The topological polar surface area (TPSA) is 60.2 Å². The fourth-order valence-electron chi connectivity index (χ4n) is 1.44. The standard InChI is InChI=1S/C11H13NO2/c1-7(13)11(8(2)14)9-3-5-10(12)6-4-9/h3-6,11H,12H2,1-2H3. The fraction of sp³-hybridized carbons (Fsp3) is 0.273. The van der Waals surface area contributed by atoms with Crippen molar-refractivity contribution in [3.63, 3.8) is 0 Å². The minimum atomic E-state index is -0.643. The van der Waals surface area contributed by atoms with Crippen molar-refractivity contribution < 1.29 is 9.59 Å². The third-order valence-corrected chi connectivity index (χ3v) is 2.08. The van der Waals surface area contributed by atoms with Crippen molar-refractivity contribution >= 4 is 17.3 Å². The molecule has 1 rings (SSSR count). The van der Waals surface area contributed by atoms with Gasteiger partial charge in [0.2, 0.25) is 0 Å². The van der Waals surface area contributed by atoms with Crippen LogP contribution in [0.5, 0.6) is 0 Å². The van der Waals surface area contributed by atoms with Crippen molar-refractivity contribution in [2.24, 2.45) is 0 Å². The van der Waals surface area contributed by atoms with E-state index in [0.29, 0.717) is 11.3 Å². The van der Waals surface area contributed by atoms with E-state index in [4.69, 9.17) is 5.73 Å². The van der Waals surface area contributed by atoms with Crippen LogP contribution in [0.2, 0.25) is 0 Å². The van der Waals surface area contributed by atoms with Gasteiger partial charge >= 0.3 is 0 Å². The van der Waals surface area contributed by atoms with Crippen molar-refractivity contribution in [2.75, 3.05) is 5.73 Å². The summed E-state index contributed by atoms with van der Waals surface area (Å²) in [5.74, 6) is -0.917. The summed E-state index contributed by atoms with van der Waals surface area (Å²) in [6.45, 7) is 2.84. The lowest BCUT2D eigenvalue weighted by Gasteiger charge is -2.10. The van der Waals surface area contributed by atoms with Gasteiger partial charge in [0.1, 0.15) is 17.5 Å². The van der Waals surface area contributed by atoms with Gasteiger partial charge in [-0.3, -0.25) is 9.59 Å². The molecule has 0 saturated heterocycles. The number of benzene rings is 1. The summed E-state index contributed by atoms with van der Waals surface area (Å²) in [6.07, 6.45) is 0. The van der Waals surface area contributed by atoms with Gasteiger partial charge in [0.25, 0.3) is 0 Å². The van der Waals surface area contributed by atoms with Crippen LogP contribution in [-0.4, -0.2) is 11.6 Å². The summed E-state index contributed by atoms with van der Waals surface area (Å²) >= 11 is 0. The Balaban J connectivity index is 3.06. The quantitative estimate of drug-likeness (QED) is 0.582. The summed E-state index contributed by atoms with van der Waals surface area (Å²) in [7, 11) is 0. The number of rotatable bonds is 3. The maximum absolute atomic E-state index is 11.2. The van der Waals surface area contributed by atoms with Crippen molar-refractivity contribution in [3.8, 4) is 0 Å². The molecule has 0 fully saturated rings. The first-order chi connectivity index (χ1) is 6.52. The van der Waals surface area contributed by atoms with Gasteiger partial charge in [0.15, 0.2) is 0 Å². The van der Waals surface area contributed by atoms with Gasteiger partial charge in [0, 0.05) is 5.69 Å². The minimum absolute atomic E-state index is 0.137. The number of hydrogen-bond donors (Lipinski definition) is 1. The van der Waals surface area contributed by atoms with E-state index in [9.17, 15) is 9.59 Å². The second kappa shape index (κ2) is 4.05. The zero-order valence-corrected chi connectivity index (χ0v) is 8.28. The molecule has 0 heterocycles. The monoisotopic (exact) mass is 191 g/mol. The molecule has 74 valence electrons. The molecule has 0 unspecified atom stereocenters. The second-order valence-corrected chi connectivity index (χ2v) is 3.32. The summed E-state index contributed by atoms with van der Waals surface area (Å²) in [5, 5.41) is 0. The van der Waals surface area contributed by atoms with Crippen LogP contribution in [0.1, 0.15) is 25.3 Å². The third-order valence-electron chi connectivity index (χ3n) is 2.08. The highest BCUT2D eigenvalue weighted by molar-refractivity contribution is 6.05. The van der Waals surface area contributed by atoms with Crippen molar-refractivity contribution in [3.05, 3.63) is 29.8 Å². The molecule has 2 N–H and O–H groups in total. The van der Waals surface area contributed by atoms with E-state index in [0.717, 1.165) is 0 Å². The van der Waals surface area contributed by atoms with E-state index in [1.54, 1.807) is 24.3 Å². The van der Waals surface area contributed by atoms with Gasteiger partial charge in [-0.25, -0.2) is 0 Å². The molecule has 0 saturated carbocycles. The Morgan fingerprint density at radius 2 is 1.50 bits per heavy atom. The van der Waals surface area contributed by atoms with Gasteiger partial charge in [0.05, 0.1) is 0 Å². The van der Waals surface area contributed by atoms with Gasteiger partial charge in [-0.15, -0.1) is 0 Å². The first-order valence-corrected chi connectivity index (χ1v) is 4.38. The van der Waals surface area contributed by atoms with E-state index in [1.165, 1.54) is 13.8 Å². The highest BCUT2D eigenvalue weighted by Gasteiger charge is 2.21. The molecule has 3 nitrogen and oxygen atoms in total. The van der Waals surface area contributed by atoms with Gasteiger partial charge in [-0.2, -0.15) is 0 Å². The first-order valence-electron chi connectivity index (χ1n) is 4.38. The first kappa shape index (κ1) is 10.4. The lowest BCUT2D eigenvalue weighted by Crippen LogP contribution is -2.16. The van der Waals surface area contributed by atoms with Crippen LogP contribution in [0, 0.1) is 0 Å². The number of ketones is 2. The Hall–Kier alpha value is -1.64. The molecule has 0 bridgehead atoms. The number of hydrogen-bond acceptors (Lipinski definition) is 3. The molecule has 1 aromatic carbocycles. The predicted molar refractivity (Wildman–Crippen MR) is 55.0 cm³/mol. The fourth-order valence-corrected chi connectivity index (χ4v) is 1.44. The zero-order valence-electron chi connectivity index (χ0n) is 8.28. The maximum Gasteiger partial charge on any atom is 0.144 e. The van der Waals surface area contributed by atoms with Crippen LogP contribution in [-0.2, 0) is 9.59 Å². The highest BCUT2D eigenvalue weighted by atomic mass is 16.1. The molecule has 3 heteroatoms. The molecule has 0 aliphatic rings. The Kier molecular flexibility index (Phi) is 3.02. The Labute approximate surface area is 82.9 Å².